The van der Waals surface area contributed by atoms with Gasteiger partial charge in [0.1, 0.15) is 5.82 Å². The zero-order valence-electron chi connectivity index (χ0n) is 13.1. The van der Waals surface area contributed by atoms with Crippen LogP contribution in [0.4, 0.5) is 10.4 Å². The van der Waals surface area contributed by atoms with Gasteiger partial charge in [0.2, 0.25) is 5.89 Å². The molecule has 24 heavy (non-hydrogen) atoms. The molecule has 3 aromatic rings. The third kappa shape index (κ3) is 2.29. The van der Waals surface area contributed by atoms with E-state index in [4.69, 9.17) is 4.42 Å². The molecular formula is C18H17FN4O. The number of nitrogens with zero attached hydrogens (tertiary/aromatic N) is 3. The summed E-state index contributed by atoms with van der Waals surface area (Å²) in [4.78, 5) is 5.26. The fourth-order valence-corrected chi connectivity index (χ4v) is 3.30. The summed E-state index contributed by atoms with van der Waals surface area (Å²) in [7, 11) is 0. The summed E-state index contributed by atoms with van der Waals surface area (Å²) in [5.41, 5.74) is 3.25. The largest absolute Gasteiger partial charge is 0.408 e. The minimum Gasteiger partial charge on any atom is -0.408 e. The third-order valence-corrected chi connectivity index (χ3v) is 4.83. The molecule has 0 unspecified atom stereocenters. The summed E-state index contributed by atoms with van der Waals surface area (Å²) >= 11 is 0. The second kappa shape index (κ2) is 5.19. The first kappa shape index (κ1) is 13.8. The Morgan fingerprint density at radius 2 is 2.17 bits per heavy atom. The van der Waals surface area contributed by atoms with E-state index < -0.39 is 0 Å². The normalized spacial score (nSPS) is 18.2. The van der Waals surface area contributed by atoms with Crippen LogP contribution in [0, 0.1) is 5.82 Å². The Balaban J connectivity index is 1.39. The highest BCUT2D eigenvalue weighted by Gasteiger charge is 2.30. The minimum atomic E-state index is -0.220. The van der Waals surface area contributed by atoms with Crippen LogP contribution in [0.1, 0.15) is 36.6 Å². The van der Waals surface area contributed by atoms with Crippen molar-refractivity contribution in [1.29, 1.82) is 0 Å². The van der Waals surface area contributed by atoms with Crippen molar-refractivity contribution in [3.8, 4) is 0 Å². The Bertz CT molecular complexity index is 938. The van der Waals surface area contributed by atoms with Gasteiger partial charge in [-0.1, -0.05) is 11.2 Å². The van der Waals surface area contributed by atoms with Crippen LogP contribution in [0.5, 0.6) is 0 Å². The summed E-state index contributed by atoms with van der Waals surface area (Å²) in [5.74, 6) is 1.04. The number of nitrogens with one attached hydrogen (secondary N) is 1. The summed E-state index contributed by atoms with van der Waals surface area (Å²) in [5, 5.41) is 9.39. The quantitative estimate of drug-likeness (QED) is 0.795. The number of fused-ring (bicyclic) bond motifs is 1. The Kier molecular flexibility index (Phi) is 2.98. The number of halogens is 1. The molecule has 0 spiro atoms. The van der Waals surface area contributed by atoms with Gasteiger partial charge in [0, 0.05) is 41.7 Å². The molecule has 0 atom stereocenters. The molecule has 0 bridgehead atoms. The van der Waals surface area contributed by atoms with Gasteiger partial charge in [-0.15, -0.1) is 5.10 Å². The summed E-state index contributed by atoms with van der Waals surface area (Å²) < 4.78 is 19.1. The van der Waals surface area contributed by atoms with Gasteiger partial charge in [-0.05, 0) is 43.0 Å². The standard InChI is InChI=1S/C18H17FN4O/c19-13-3-4-14-15(10-20-16(14)9-13)11-5-7-23(8-6-11)18-22-21-17(24-18)12-1-2-12/h3-5,9-10,12,20H,1-2,6-8H2. The van der Waals surface area contributed by atoms with Crippen molar-refractivity contribution in [2.75, 3.05) is 18.0 Å². The molecule has 1 saturated carbocycles. The Hall–Kier alpha value is -2.63. The highest BCUT2D eigenvalue weighted by atomic mass is 19.1. The molecule has 0 amide bonds. The Morgan fingerprint density at radius 1 is 1.25 bits per heavy atom. The van der Waals surface area contributed by atoms with Gasteiger partial charge in [0.25, 0.3) is 0 Å². The van der Waals surface area contributed by atoms with Crippen LogP contribution in [0.15, 0.2) is 34.9 Å². The second-order valence-corrected chi connectivity index (χ2v) is 6.51. The lowest BCUT2D eigenvalue weighted by molar-refractivity contribution is 0.487. The van der Waals surface area contributed by atoms with Gasteiger partial charge in [0.15, 0.2) is 0 Å². The topological polar surface area (TPSA) is 58.0 Å². The number of rotatable bonds is 3. The van der Waals surface area contributed by atoms with Crippen LogP contribution < -0.4 is 4.90 Å². The molecule has 2 aliphatic rings. The zero-order valence-corrected chi connectivity index (χ0v) is 13.1. The second-order valence-electron chi connectivity index (χ2n) is 6.51. The van der Waals surface area contributed by atoms with Gasteiger partial charge in [-0.2, -0.15) is 0 Å². The van der Waals surface area contributed by atoms with Crippen LogP contribution in [-0.2, 0) is 0 Å². The van der Waals surface area contributed by atoms with Gasteiger partial charge >= 0.3 is 6.01 Å². The van der Waals surface area contributed by atoms with Crippen molar-refractivity contribution in [3.63, 3.8) is 0 Å². The molecule has 5 rings (SSSR count). The Morgan fingerprint density at radius 3 is 2.96 bits per heavy atom. The van der Waals surface area contributed by atoms with Crippen LogP contribution in [0.3, 0.4) is 0 Å². The molecule has 2 aromatic heterocycles. The number of benzene rings is 1. The molecule has 0 radical (unpaired) electrons. The fourth-order valence-electron chi connectivity index (χ4n) is 3.30. The van der Waals surface area contributed by atoms with E-state index in [1.165, 1.54) is 17.7 Å². The number of aromatic nitrogens is 3. The lowest BCUT2D eigenvalue weighted by Gasteiger charge is -2.24. The van der Waals surface area contributed by atoms with E-state index in [0.29, 0.717) is 11.9 Å². The molecule has 1 aliphatic carbocycles. The van der Waals surface area contributed by atoms with Crippen molar-refractivity contribution in [2.45, 2.75) is 25.2 Å². The molecule has 1 N–H and O–H groups in total. The lowest BCUT2D eigenvalue weighted by Crippen LogP contribution is -2.28. The third-order valence-electron chi connectivity index (χ3n) is 4.83. The summed E-state index contributed by atoms with van der Waals surface area (Å²) in [6, 6.07) is 5.50. The maximum absolute atomic E-state index is 13.3. The Labute approximate surface area is 138 Å². The summed E-state index contributed by atoms with van der Waals surface area (Å²) in [6.45, 7) is 1.58. The lowest BCUT2D eigenvalue weighted by atomic mass is 9.99. The van der Waals surface area contributed by atoms with Crippen molar-refractivity contribution in [3.05, 3.63) is 47.7 Å². The number of aromatic amines is 1. The van der Waals surface area contributed by atoms with E-state index in [1.807, 2.05) is 12.3 Å². The van der Waals surface area contributed by atoms with E-state index in [1.54, 1.807) is 0 Å². The van der Waals surface area contributed by atoms with Crippen molar-refractivity contribution in [1.82, 2.24) is 15.2 Å². The monoisotopic (exact) mass is 324 g/mol. The molecular weight excluding hydrogens is 307 g/mol. The SMILES string of the molecule is Fc1ccc2c(C3=CCN(c4nnc(C5CC5)o4)CC3)c[nH]c2c1. The van der Waals surface area contributed by atoms with Crippen molar-refractivity contribution in [2.24, 2.45) is 0 Å². The van der Waals surface area contributed by atoms with Crippen LogP contribution in [0.2, 0.25) is 0 Å². The predicted molar refractivity (Wildman–Crippen MR) is 89.3 cm³/mol. The van der Waals surface area contributed by atoms with Gasteiger partial charge in [0.05, 0.1) is 0 Å². The zero-order chi connectivity index (χ0) is 16.1. The molecule has 1 fully saturated rings. The fraction of sp³-hybridized carbons (Fsp3) is 0.333. The van der Waals surface area contributed by atoms with Gasteiger partial charge in [-0.3, -0.25) is 0 Å². The highest BCUT2D eigenvalue weighted by Crippen LogP contribution is 2.40. The number of H-pyrrole nitrogens is 1. The maximum atomic E-state index is 13.3. The van der Waals surface area contributed by atoms with Crippen LogP contribution in [0.25, 0.3) is 16.5 Å². The number of anilines is 1. The van der Waals surface area contributed by atoms with Crippen molar-refractivity contribution < 1.29 is 8.81 Å². The van der Waals surface area contributed by atoms with Crippen LogP contribution in [-0.4, -0.2) is 28.3 Å². The van der Waals surface area contributed by atoms with E-state index in [9.17, 15) is 4.39 Å². The van der Waals surface area contributed by atoms with Gasteiger partial charge in [-0.25, -0.2) is 4.39 Å². The maximum Gasteiger partial charge on any atom is 0.318 e. The highest BCUT2D eigenvalue weighted by molar-refractivity contribution is 5.93. The molecule has 3 heterocycles. The summed E-state index contributed by atoms with van der Waals surface area (Å²) in [6.07, 6.45) is 7.37. The van der Waals surface area contributed by atoms with Gasteiger partial charge < -0.3 is 14.3 Å². The molecule has 6 heteroatoms. The average molecular weight is 324 g/mol. The molecule has 0 saturated heterocycles. The van der Waals surface area contributed by atoms with Crippen LogP contribution >= 0.6 is 0 Å². The smallest absolute Gasteiger partial charge is 0.318 e. The van der Waals surface area contributed by atoms with E-state index >= 15 is 0 Å². The first-order chi connectivity index (χ1) is 11.8. The number of hydrogen-bond donors (Lipinski definition) is 1. The molecule has 1 aliphatic heterocycles. The number of hydrogen-bond acceptors (Lipinski definition) is 4. The molecule has 5 nitrogen and oxygen atoms in total. The van der Waals surface area contributed by atoms with E-state index in [2.05, 4.69) is 26.2 Å². The first-order valence-corrected chi connectivity index (χ1v) is 8.32. The molecule has 122 valence electrons. The average Bonchev–Trinajstić information content (AvgIpc) is 3.19. The van der Waals surface area contributed by atoms with E-state index in [0.717, 1.165) is 54.7 Å². The van der Waals surface area contributed by atoms with E-state index in [-0.39, 0.29) is 5.82 Å². The predicted octanol–water partition coefficient (Wildman–Crippen LogP) is 3.86. The minimum absolute atomic E-state index is 0.220. The van der Waals surface area contributed by atoms with Crippen molar-refractivity contribution >= 4 is 22.5 Å². The first-order valence-electron chi connectivity index (χ1n) is 8.32. The molecule has 1 aromatic carbocycles.